The average Bonchev–Trinajstić information content (AvgIpc) is 2.36. The van der Waals surface area contributed by atoms with E-state index in [4.69, 9.17) is 15.9 Å². The Balaban J connectivity index is 2.79. The Morgan fingerprint density at radius 1 is 1.35 bits per heavy atom. The largest absolute Gasteiger partial charge is 0.394 e. The van der Waals surface area contributed by atoms with Gasteiger partial charge in [-0.3, -0.25) is 4.79 Å². The van der Waals surface area contributed by atoms with Crippen molar-refractivity contribution in [2.75, 3.05) is 13.2 Å². The Hall–Kier alpha value is -1.43. The molecule has 1 aromatic carbocycles. The highest BCUT2D eigenvalue weighted by Crippen LogP contribution is 2.10. The third-order valence-corrected chi connectivity index (χ3v) is 2.69. The van der Waals surface area contributed by atoms with E-state index in [1.165, 1.54) is 0 Å². The van der Waals surface area contributed by atoms with E-state index in [0.29, 0.717) is 12.1 Å². The van der Waals surface area contributed by atoms with E-state index in [0.717, 1.165) is 5.56 Å². The first-order valence-electron chi connectivity index (χ1n) is 5.37. The van der Waals surface area contributed by atoms with Gasteiger partial charge < -0.3 is 21.3 Å². The van der Waals surface area contributed by atoms with Gasteiger partial charge >= 0.3 is 0 Å². The molecule has 5 nitrogen and oxygen atoms in total. The minimum atomic E-state index is -0.773. The van der Waals surface area contributed by atoms with E-state index >= 15 is 0 Å². The van der Waals surface area contributed by atoms with Gasteiger partial charge in [-0.05, 0) is 18.6 Å². The molecule has 0 unspecified atom stereocenters. The van der Waals surface area contributed by atoms with Crippen LogP contribution in [0, 0.1) is 0 Å². The van der Waals surface area contributed by atoms with Gasteiger partial charge in [-0.15, -0.1) is 0 Å². The van der Waals surface area contributed by atoms with Crippen LogP contribution in [0.2, 0.25) is 0 Å². The number of nitrogens with one attached hydrogen (secondary N) is 1. The lowest BCUT2D eigenvalue weighted by Crippen LogP contribution is -2.48. The maximum Gasteiger partial charge on any atom is 0.249 e. The molecule has 1 rings (SSSR count). The van der Waals surface area contributed by atoms with Crippen LogP contribution in [0.4, 0.5) is 0 Å². The van der Waals surface area contributed by atoms with Gasteiger partial charge in [-0.1, -0.05) is 18.2 Å². The van der Waals surface area contributed by atoms with Crippen molar-refractivity contribution in [2.45, 2.75) is 19.0 Å². The summed E-state index contributed by atoms with van der Waals surface area (Å²) in [5, 5.41) is 21.3. The molecule has 0 bridgehead atoms. The fraction of sp³-hybridized carbons (Fsp3) is 0.417. The number of aliphatic hydroxyl groups is 2. The summed E-state index contributed by atoms with van der Waals surface area (Å²) >= 11 is 0. The zero-order valence-electron chi connectivity index (χ0n) is 9.81. The monoisotopic (exact) mass is 238 g/mol. The molecule has 5 N–H and O–H groups in total. The molecule has 0 aliphatic carbocycles. The van der Waals surface area contributed by atoms with Gasteiger partial charge in [0.2, 0.25) is 5.91 Å². The van der Waals surface area contributed by atoms with Crippen molar-refractivity contribution in [3.63, 3.8) is 0 Å². The maximum absolute atomic E-state index is 11.2. The lowest BCUT2D eigenvalue weighted by atomic mass is 10.0. The van der Waals surface area contributed by atoms with Crippen LogP contribution in [0.25, 0.3) is 0 Å². The van der Waals surface area contributed by atoms with Crippen molar-refractivity contribution in [2.24, 2.45) is 5.73 Å². The highest BCUT2D eigenvalue weighted by molar-refractivity contribution is 5.94. The first-order chi connectivity index (χ1) is 8.02. The van der Waals surface area contributed by atoms with Gasteiger partial charge in [0.25, 0.3) is 0 Å². The van der Waals surface area contributed by atoms with Gasteiger partial charge in [-0.2, -0.15) is 0 Å². The number of primary amides is 1. The predicted molar refractivity (Wildman–Crippen MR) is 64.4 cm³/mol. The number of hydrogen-bond acceptors (Lipinski definition) is 4. The second kappa shape index (κ2) is 5.77. The Bertz CT molecular complexity index is 389. The molecule has 0 radical (unpaired) electrons. The molecule has 0 aliphatic rings. The lowest BCUT2D eigenvalue weighted by Gasteiger charge is -2.26. The van der Waals surface area contributed by atoms with E-state index in [1.54, 1.807) is 31.2 Å². The molecule has 17 heavy (non-hydrogen) atoms. The molecule has 0 atom stereocenters. The number of amides is 1. The van der Waals surface area contributed by atoms with Crippen molar-refractivity contribution in [1.29, 1.82) is 0 Å². The molecule has 0 aliphatic heterocycles. The Kier molecular flexibility index (Phi) is 4.62. The van der Waals surface area contributed by atoms with Crippen LogP contribution < -0.4 is 11.1 Å². The van der Waals surface area contributed by atoms with E-state index < -0.39 is 11.4 Å². The highest BCUT2D eigenvalue weighted by atomic mass is 16.3. The first kappa shape index (κ1) is 13.6. The van der Waals surface area contributed by atoms with Gasteiger partial charge in [0.05, 0.1) is 18.8 Å². The fourth-order valence-electron chi connectivity index (χ4n) is 1.39. The third-order valence-electron chi connectivity index (χ3n) is 2.69. The zero-order chi connectivity index (χ0) is 12.9. The Morgan fingerprint density at radius 2 is 1.94 bits per heavy atom. The molecule has 1 amide bonds. The van der Waals surface area contributed by atoms with Gasteiger partial charge in [0.15, 0.2) is 0 Å². The average molecular weight is 238 g/mol. The summed E-state index contributed by atoms with van der Waals surface area (Å²) in [4.78, 5) is 11.2. The van der Waals surface area contributed by atoms with Crippen molar-refractivity contribution >= 4 is 5.91 Å². The topological polar surface area (TPSA) is 95.6 Å². The quantitative estimate of drug-likeness (QED) is 0.543. The Morgan fingerprint density at radius 3 is 2.47 bits per heavy atom. The summed E-state index contributed by atoms with van der Waals surface area (Å²) in [6.45, 7) is 1.67. The number of hydrogen-bond donors (Lipinski definition) is 4. The van der Waals surface area contributed by atoms with Gasteiger partial charge in [0, 0.05) is 12.1 Å². The second-order valence-electron chi connectivity index (χ2n) is 4.25. The summed E-state index contributed by atoms with van der Waals surface area (Å²) < 4.78 is 0. The molecule has 5 heteroatoms. The molecule has 94 valence electrons. The summed E-state index contributed by atoms with van der Waals surface area (Å²) in [5.41, 5.74) is 5.67. The van der Waals surface area contributed by atoms with E-state index in [9.17, 15) is 4.79 Å². The number of aliphatic hydroxyl groups excluding tert-OH is 2. The van der Waals surface area contributed by atoms with Crippen LogP contribution in [-0.4, -0.2) is 34.9 Å². The molecule has 1 aromatic rings. The number of carbonyl (C=O) groups excluding carboxylic acids is 1. The summed E-state index contributed by atoms with van der Waals surface area (Å²) in [6, 6.07) is 6.97. The lowest BCUT2D eigenvalue weighted by molar-refractivity contribution is 0.0992. The van der Waals surface area contributed by atoms with Crippen LogP contribution in [-0.2, 0) is 6.54 Å². The standard InChI is InChI=1S/C12H18N2O3/c1-12(7-15,8-16)14-6-9-4-2-3-5-10(9)11(13)17/h2-5,14-16H,6-8H2,1H3,(H2,13,17). The molecule has 0 fully saturated rings. The van der Waals surface area contributed by atoms with E-state index in [1.807, 2.05) is 0 Å². The summed E-state index contributed by atoms with van der Waals surface area (Å²) in [5.74, 6) is -0.489. The second-order valence-corrected chi connectivity index (χ2v) is 4.25. The van der Waals surface area contributed by atoms with Gasteiger partial charge in [0.1, 0.15) is 0 Å². The zero-order valence-corrected chi connectivity index (χ0v) is 9.81. The molecule has 0 saturated heterocycles. The molecule has 0 spiro atoms. The van der Waals surface area contributed by atoms with Crippen LogP contribution in [0.15, 0.2) is 24.3 Å². The normalized spacial score (nSPS) is 11.5. The predicted octanol–water partition coefficient (Wildman–Crippen LogP) is -0.382. The Labute approximate surface area is 100 Å². The molecular weight excluding hydrogens is 220 g/mol. The summed E-state index contributed by atoms with van der Waals surface area (Å²) in [6.07, 6.45) is 0. The smallest absolute Gasteiger partial charge is 0.249 e. The van der Waals surface area contributed by atoms with E-state index in [2.05, 4.69) is 5.32 Å². The number of rotatable bonds is 6. The van der Waals surface area contributed by atoms with Crippen LogP contribution >= 0.6 is 0 Å². The van der Waals surface area contributed by atoms with Gasteiger partial charge in [-0.25, -0.2) is 0 Å². The SMILES string of the molecule is CC(CO)(CO)NCc1ccccc1C(N)=O. The highest BCUT2D eigenvalue weighted by Gasteiger charge is 2.21. The van der Waals surface area contributed by atoms with Crippen molar-refractivity contribution in [3.8, 4) is 0 Å². The molecule has 0 heterocycles. The number of benzene rings is 1. The number of carbonyl (C=O) groups is 1. The summed E-state index contributed by atoms with van der Waals surface area (Å²) in [7, 11) is 0. The van der Waals surface area contributed by atoms with Crippen LogP contribution in [0.5, 0.6) is 0 Å². The molecule has 0 saturated carbocycles. The maximum atomic E-state index is 11.2. The van der Waals surface area contributed by atoms with Crippen molar-refractivity contribution < 1.29 is 15.0 Å². The first-order valence-corrected chi connectivity index (χ1v) is 5.37. The third kappa shape index (κ3) is 3.52. The minimum absolute atomic E-state index is 0.192. The molecular formula is C12H18N2O3. The van der Waals surface area contributed by atoms with Crippen molar-refractivity contribution in [1.82, 2.24) is 5.32 Å². The van der Waals surface area contributed by atoms with Crippen LogP contribution in [0.1, 0.15) is 22.8 Å². The molecule has 0 aromatic heterocycles. The van der Waals surface area contributed by atoms with E-state index in [-0.39, 0.29) is 13.2 Å². The fourth-order valence-corrected chi connectivity index (χ4v) is 1.39. The van der Waals surface area contributed by atoms with Crippen molar-refractivity contribution in [3.05, 3.63) is 35.4 Å². The number of nitrogens with two attached hydrogens (primary N) is 1. The minimum Gasteiger partial charge on any atom is -0.394 e. The van der Waals surface area contributed by atoms with Crippen LogP contribution in [0.3, 0.4) is 0 Å².